The number of hydrogen-bond acceptors (Lipinski definition) is 6. The summed E-state index contributed by atoms with van der Waals surface area (Å²) in [5.74, 6) is -0.0354. The number of rotatable bonds is 9. The molecule has 0 saturated carbocycles. The minimum absolute atomic E-state index is 0.0597. The molecule has 0 bridgehead atoms. The van der Waals surface area contributed by atoms with Gasteiger partial charge in [-0.15, -0.1) is 0 Å². The number of benzene rings is 1. The molecular formula is C18H19Cl2N5O3S2. The SMILES string of the molecule is CCCCNS(=O)(=O)c1ccc2nc(SCC(=O)Nc3ncc(Cl)cc3Cl)[nH]c2c1. The first kappa shape index (κ1) is 22.8. The van der Waals surface area contributed by atoms with E-state index in [-0.39, 0.29) is 27.4 Å². The molecule has 3 N–H and O–H groups in total. The fraction of sp³-hybridized carbons (Fsp3) is 0.278. The minimum atomic E-state index is -3.58. The maximum atomic E-state index is 12.4. The highest BCUT2D eigenvalue weighted by Crippen LogP contribution is 2.24. The number of amides is 1. The van der Waals surface area contributed by atoms with Gasteiger partial charge in [0.05, 0.1) is 31.7 Å². The van der Waals surface area contributed by atoms with Gasteiger partial charge in [0.25, 0.3) is 0 Å². The Morgan fingerprint density at radius 3 is 2.80 bits per heavy atom. The van der Waals surface area contributed by atoms with Crippen LogP contribution in [0.25, 0.3) is 11.0 Å². The number of pyridine rings is 1. The molecule has 0 atom stereocenters. The number of anilines is 1. The quantitative estimate of drug-likeness (QED) is 0.309. The second kappa shape index (κ2) is 9.97. The van der Waals surface area contributed by atoms with Crippen molar-refractivity contribution >= 4 is 67.7 Å². The number of thioether (sulfide) groups is 1. The van der Waals surface area contributed by atoms with Crippen LogP contribution in [0, 0.1) is 0 Å². The van der Waals surface area contributed by atoms with Crippen LogP contribution >= 0.6 is 35.0 Å². The molecule has 30 heavy (non-hydrogen) atoms. The molecular weight excluding hydrogens is 469 g/mol. The molecule has 0 radical (unpaired) electrons. The third-order valence-electron chi connectivity index (χ3n) is 3.97. The largest absolute Gasteiger partial charge is 0.333 e. The summed E-state index contributed by atoms with van der Waals surface area (Å²) >= 11 is 13.0. The zero-order valence-corrected chi connectivity index (χ0v) is 19.1. The van der Waals surface area contributed by atoms with Crippen LogP contribution in [0.2, 0.25) is 10.0 Å². The second-order valence-electron chi connectivity index (χ2n) is 6.29. The molecule has 12 heteroatoms. The van der Waals surface area contributed by atoms with Crippen molar-refractivity contribution in [2.75, 3.05) is 17.6 Å². The van der Waals surface area contributed by atoms with Crippen molar-refractivity contribution in [2.24, 2.45) is 0 Å². The van der Waals surface area contributed by atoms with Gasteiger partial charge in [-0.2, -0.15) is 0 Å². The first-order valence-electron chi connectivity index (χ1n) is 9.01. The average molecular weight is 488 g/mol. The summed E-state index contributed by atoms with van der Waals surface area (Å²) < 4.78 is 27.3. The van der Waals surface area contributed by atoms with Crippen LogP contribution in [-0.2, 0) is 14.8 Å². The van der Waals surface area contributed by atoms with Crippen LogP contribution < -0.4 is 10.0 Å². The van der Waals surface area contributed by atoms with Crippen molar-refractivity contribution in [1.82, 2.24) is 19.7 Å². The predicted molar refractivity (Wildman–Crippen MR) is 120 cm³/mol. The van der Waals surface area contributed by atoms with Crippen LogP contribution in [0.15, 0.2) is 40.5 Å². The lowest BCUT2D eigenvalue weighted by atomic mass is 10.3. The standard InChI is InChI=1S/C18H19Cl2N5O3S2/c1-2-3-6-22-30(27,28)12-4-5-14-15(8-12)24-18(23-14)29-10-16(26)25-17-13(20)7-11(19)9-21-17/h4-5,7-9,22H,2-3,6,10H2,1H3,(H,23,24)(H,21,25,26). The number of hydrogen-bond donors (Lipinski definition) is 3. The van der Waals surface area contributed by atoms with Gasteiger partial charge in [0, 0.05) is 12.7 Å². The van der Waals surface area contributed by atoms with Gasteiger partial charge >= 0.3 is 0 Å². The molecule has 0 aliphatic carbocycles. The van der Waals surface area contributed by atoms with Gasteiger partial charge in [0.2, 0.25) is 15.9 Å². The highest BCUT2D eigenvalue weighted by Gasteiger charge is 2.16. The van der Waals surface area contributed by atoms with Crippen molar-refractivity contribution in [1.29, 1.82) is 0 Å². The number of aromatic nitrogens is 3. The van der Waals surface area contributed by atoms with Crippen molar-refractivity contribution < 1.29 is 13.2 Å². The van der Waals surface area contributed by atoms with E-state index in [1.165, 1.54) is 36.2 Å². The highest BCUT2D eigenvalue weighted by molar-refractivity contribution is 7.99. The summed E-state index contributed by atoms with van der Waals surface area (Å²) in [5.41, 5.74) is 1.17. The number of fused-ring (bicyclic) bond motifs is 1. The summed E-state index contributed by atoms with van der Waals surface area (Å²) in [6, 6.07) is 6.15. The number of nitrogens with one attached hydrogen (secondary N) is 3. The number of aromatic amines is 1. The predicted octanol–water partition coefficient (Wildman–Crippen LogP) is 4.07. The van der Waals surface area contributed by atoms with Crippen LogP contribution in [0.5, 0.6) is 0 Å². The lowest BCUT2D eigenvalue weighted by molar-refractivity contribution is -0.113. The smallest absolute Gasteiger partial charge is 0.240 e. The lowest BCUT2D eigenvalue weighted by Crippen LogP contribution is -2.24. The van der Waals surface area contributed by atoms with Crippen LogP contribution in [0.3, 0.4) is 0 Å². The Morgan fingerprint density at radius 2 is 2.07 bits per heavy atom. The third-order valence-corrected chi connectivity index (χ3v) is 6.80. The molecule has 2 heterocycles. The van der Waals surface area contributed by atoms with Gasteiger partial charge < -0.3 is 10.3 Å². The number of sulfonamides is 1. The number of nitrogens with zero attached hydrogens (tertiary/aromatic N) is 2. The van der Waals surface area contributed by atoms with Gasteiger partial charge in [-0.1, -0.05) is 48.3 Å². The Balaban J connectivity index is 1.65. The molecule has 3 aromatic rings. The first-order chi connectivity index (χ1) is 14.3. The van der Waals surface area contributed by atoms with Gasteiger partial charge in [-0.25, -0.2) is 23.1 Å². The summed E-state index contributed by atoms with van der Waals surface area (Å²) in [4.78, 5) is 23.7. The number of halogens is 2. The molecule has 0 aliphatic heterocycles. The van der Waals surface area contributed by atoms with E-state index in [0.717, 1.165) is 12.8 Å². The Morgan fingerprint density at radius 1 is 1.27 bits per heavy atom. The first-order valence-corrected chi connectivity index (χ1v) is 12.2. The van der Waals surface area contributed by atoms with Gasteiger partial charge in [-0.05, 0) is 30.7 Å². The molecule has 0 fully saturated rings. The fourth-order valence-corrected chi connectivity index (χ4v) is 4.69. The molecule has 8 nitrogen and oxygen atoms in total. The van der Waals surface area contributed by atoms with Crippen molar-refractivity contribution in [3.8, 4) is 0 Å². The normalized spacial score (nSPS) is 11.7. The second-order valence-corrected chi connectivity index (χ2v) is 9.87. The molecule has 0 unspecified atom stereocenters. The van der Waals surface area contributed by atoms with Crippen LogP contribution in [0.4, 0.5) is 5.82 Å². The van der Waals surface area contributed by atoms with Crippen molar-refractivity contribution in [3.63, 3.8) is 0 Å². The van der Waals surface area contributed by atoms with Crippen LogP contribution in [0.1, 0.15) is 19.8 Å². The van der Waals surface area contributed by atoms with E-state index < -0.39 is 10.0 Å². The summed E-state index contributed by atoms with van der Waals surface area (Å²) in [7, 11) is -3.58. The monoisotopic (exact) mass is 487 g/mol. The highest BCUT2D eigenvalue weighted by atomic mass is 35.5. The maximum Gasteiger partial charge on any atom is 0.240 e. The topological polar surface area (TPSA) is 117 Å². The zero-order chi connectivity index (χ0) is 21.7. The van der Waals surface area contributed by atoms with E-state index in [4.69, 9.17) is 23.2 Å². The minimum Gasteiger partial charge on any atom is -0.333 e. The van der Waals surface area contributed by atoms with E-state index in [0.29, 0.717) is 27.8 Å². The Hall–Kier alpha value is -1.85. The fourth-order valence-electron chi connectivity index (χ4n) is 2.48. The third kappa shape index (κ3) is 5.86. The summed E-state index contributed by atoms with van der Waals surface area (Å²) in [6.45, 7) is 2.38. The molecule has 3 rings (SSSR count). The molecule has 1 amide bonds. The molecule has 0 aliphatic rings. The number of H-pyrrole nitrogens is 1. The number of imidazole rings is 1. The Labute approximate surface area is 188 Å². The molecule has 2 aromatic heterocycles. The van der Waals surface area contributed by atoms with Crippen molar-refractivity contribution in [3.05, 3.63) is 40.5 Å². The maximum absolute atomic E-state index is 12.4. The van der Waals surface area contributed by atoms with Crippen molar-refractivity contribution in [2.45, 2.75) is 29.8 Å². The number of carbonyl (C=O) groups excluding carboxylic acids is 1. The summed E-state index contributed by atoms with van der Waals surface area (Å²) in [5, 5.41) is 3.71. The molecule has 1 aromatic carbocycles. The van der Waals surface area contributed by atoms with Crippen LogP contribution in [-0.4, -0.2) is 41.6 Å². The van der Waals surface area contributed by atoms with E-state index in [1.54, 1.807) is 6.07 Å². The van der Waals surface area contributed by atoms with Gasteiger partial charge in [0.1, 0.15) is 0 Å². The van der Waals surface area contributed by atoms with E-state index in [2.05, 4.69) is 25.0 Å². The molecule has 0 saturated heterocycles. The van der Waals surface area contributed by atoms with E-state index >= 15 is 0 Å². The zero-order valence-electron chi connectivity index (χ0n) is 15.9. The van der Waals surface area contributed by atoms with E-state index in [1.807, 2.05) is 6.92 Å². The Bertz CT molecular complexity index is 1170. The molecule has 160 valence electrons. The lowest BCUT2D eigenvalue weighted by Gasteiger charge is -2.05. The van der Waals surface area contributed by atoms with E-state index in [9.17, 15) is 13.2 Å². The number of unbranched alkanes of at least 4 members (excludes halogenated alkanes) is 1. The van der Waals surface area contributed by atoms with Gasteiger partial charge in [-0.3, -0.25) is 4.79 Å². The van der Waals surface area contributed by atoms with Gasteiger partial charge in [0.15, 0.2) is 11.0 Å². The molecule has 0 spiro atoms. The number of carbonyl (C=O) groups is 1. The Kier molecular flexibility index (Phi) is 7.59. The average Bonchev–Trinajstić information content (AvgIpc) is 3.11. The summed E-state index contributed by atoms with van der Waals surface area (Å²) in [6.07, 6.45) is 3.06.